The maximum atomic E-state index is 14.2. The average Bonchev–Trinajstić information content (AvgIpc) is 3.25. The van der Waals surface area contributed by atoms with Crippen LogP contribution in [0.15, 0.2) is 42.5 Å². The Morgan fingerprint density at radius 3 is 2.48 bits per heavy atom. The summed E-state index contributed by atoms with van der Waals surface area (Å²) in [4.78, 5) is 27.9. The first-order valence-electron chi connectivity index (χ1n) is 10.7. The summed E-state index contributed by atoms with van der Waals surface area (Å²) in [6.07, 6.45) is 4.43. The fraction of sp³-hybridized carbons (Fsp3) is 0.417. The molecular weight excluding hydrogens is 438 g/mol. The minimum absolute atomic E-state index is 0.124. The van der Waals surface area contributed by atoms with Crippen LogP contribution in [0, 0.1) is 5.82 Å². The van der Waals surface area contributed by atoms with Crippen molar-refractivity contribution in [3.8, 4) is 0 Å². The molecule has 7 heteroatoms. The van der Waals surface area contributed by atoms with E-state index in [4.69, 9.17) is 23.2 Å². The number of carbonyl (C=O) groups excluding carboxylic acids is 2. The zero-order valence-electron chi connectivity index (χ0n) is 17.5. The van der Waals surface area contributed by atoms with E-state index in [9.17, 15) is 14.0 Å². The molecule has 0 bridgehead atoms. The second-order valence-corrected chi connectivity index (χ2v) is 8.77. The van der Waals surface area contributed by atoms with Gasteiger partial charge in [-0.2, -0.15) is 0 Å². The van der Waals surface area contributed by atoms with Gasteiger partial charge in [0.15, 0.2) is 0 Å². The minimum Gasteiger partial charge on any atom is -0.352 e. The van der Waals surface area contributed by atoms with E-state index >= 15 is 0 Å². The Morgan fingerprint density at radius 1 is 1.13 bits per heavy atom. The summed E-state index contributed by atoms with van der Waals surface area (Å²) in [7, 11) is 0. The van der Waals surface area contributed by atoms with Gasteiger partial charge < -0.3 is 10.2 Å². The number of halogens is 3. The number of benzene rings is 2. The smallest absolute Gasteiger partial charge is 0.243 e. The summed E-state index contributed by atoms with van der Waals surface area (Å²) in [6, 6.07) is 10.8. The molecule has 166 valence electrons. The highest BCUT2D eigenvalue weighted by Crippen LogP contribution is 2.25. The van der Waals surface area contributed by atoms with E-state index in [1.165, 1.54) is 11.0 Å². The zero-order chi connectivity index (χ0) is 22.4. The van der Waals surface area contributed by atoms with Gasteiger partial charge in [-0.3, -0.25) is 9.59 Å². The largest absolute Gasteiger partial charge is 0.352 e. The van der Waals surface area contributed by atoms with Gasteiger partial charge in [0.1, 0.15) is 11.9 Å². The van der Waals surface area contributed by atoms with Gasteiger partial charge in [0.25, 0.3) is 0 Å². The third-order valence-corrected chi connectivity index (χ3v) is 6.46. The van der Waals surface area contributed by atoms with Crippen molar-refractivity contribution in [2.45, 2.75) is 64.1 Å². The molecule has 2 aromatic rings. The molecule has 0 radical (unpaired) electrons. The lowest BCUT2D eigenvalue weighted by atomic mass is 10.1. The number of rotatable bonds is 8. The quantitative estimate of drug-likeness (QED) is 0.557. The lowest BCUT2D eigenvalue weighted by Crippen LogP contribution is -2.51. The van der Waals surface area contributed by atoms with Crippen molar-refractivity contribution in [1.29, 1.82) is 0 Å². The molecule has 1 fully saturated rings. The van der Waals surface area contributed by atoms with Crippen molar-refractivity contribution in [1.82, 2.24) is 10.2 Å². The Kier molecular flexibility index (Phi) is 8.33. The molecular formula is C24H27Cl2FN2O2. The SMILES string of the molecule is CC[C@H](C(=O)NC1CCCC1)N(Cc1ccc(Cl)c(Cl)c1)C(=O)Cc1ccccc1F. The average molecular weight is 465 g/mol. The third-order valence-electron chi connectivity index (χ3n) is 5.72. The molecule has 3 rings (SSSR count). The number of nitrogens with one attached hydrogen (secondary N) is 1. The van der Waals surface area contributed by atoms with Crippen LogP contribution in [-0.2, 0) is 22.6 Å². The van der Waals surface area contributed by atoms with Crippen molar-refractivity contribution in [2.75, 3.05) is 0 Å². The summed E-state index contributed by atoms with van der Waals surface area (Å²) >= 11 is 12.2. The molecule has 2 amide bonds. The standard InChI is InChI=1S/C24H27Cl2FN2O2/c1-2-22(24(31)28-18-8-4-5-9-18)29(15-16-11-12-19(25)20(26)13-16)23(30)14-17-7-3-6-10-21(17)27/h3,6-7,10-13,18,22H,2,4-5,8-9,14-15H2,1H3,(H,28,31)/t22-/m1/s1. The van der Waals surface area contributed by atoms with Gasteiger partial charge in [0.05, 0.1) is 16.5 Å². The predicted molar refractivity (Wildman–Crippen MR) is 122 cm³/mol. The Hall–Kier alpha value is -2.11. The van der Waals surface area contributed by atoms with Gasteiger partial charge in [-0.1, -0.05) is 67.2 Å². The first-order valence-corrected chi connectivity index (χ1v) is 11.4. The topological polar surface area (TPSA) is 49.4 Å². The molecule has 2 aromatic carbocycles. The Bertz CT molecular complexity index is 932. The van der Waals surface area contributed by atoms with Crippen LogP contribution in [0.4, 0.5) is 4.39 Å². The van der Waals surface area contributed by atoms with Crippen LogP contribution in [0.3, 0.4) is 0 Å². The lowest BCUT2D eigenvalue weighted by molar-refractivity contribution is -0.141. The summed E-state index contributed by atoms with van der Waals surface area (Å²) in [5, 5.41) is 3.89. The maximum absolute atomic E-state index is 14.2. The number of hydrogen-bond acceptors (Lipinski definition) is 2. The first kappa shape index (κ1) is 23.6. The molecule has 0 aliphatic heterocycles. The highest BCUT2D eigenvalue weighted by atomic mass is 35.5. The summed E-state index contributed by atoms with van der Waals surface area (Å²) in [6.45, 7) is 2.05. The van der Waals surface area contributed by atoms with Gasteiger partial charge >= 0.3 is 0 Å². The van der Waals surface area contributed by atoms with Crippen LogP contribution in [0.25, 0.3) is 0 Å². The molecule has 0 aromatic heterocycles. The van der Waals surface area contributed by atoms with E-state index in [1.807, 2.05) is 6.92 Å². The Morgan fingerprint density at radius 2 is 1.84 bits per heavy atom. The predicted octanol–water partition coefficient (Wildman–Crippen LogP) is 5.54. The molecule has 1 atom stereocenters. The van der Waals surface area contributed by atoms with Crippen LogP contribution in [0.5, 0.6) is 0 Å². The van der Waals surface area contributed by atoms with Crippen molar-refractivity contribution in [2.24, 2.45) is 0 Å². The molecule has 1 saturated carbocycles. The summed E-state index contributed by atoms with van der Waals surface area (Å²) < 4.78 is 14.2. The van der Waals surface area contributed by atoms with Gasteiger partial charge in [0, 0.05) is 12.6 Å². The van der Waals surface area contributed by atoms with Crippen LogP contribution in [0.2, 0.25) is 10.0 Å². The van der Waals surface area contributed by atoms with Crippen LogP contribution >= 0.6 is 23.2 Å². The van der Waals surface area contributed by atoms with Gasteiger partial charge in [-0.05, 0) is 48.6 Å². The number of nitrogens with zero attached hydrogens (tertiary/aromatic N) is 1. The minimum atomic E-state index is -0.658. The number of hydrogen-bond donors (Lipinski definition) is 1. The fourth-order valence-electron chi connectivity index (χ4n) is 4.03. The van der Waals surface area contributed by atoms with E-state index in [0.717, 1.165) is 31.2 Å². The zero-order valence-corrected chi connectivity index (χ0v) is 19.1. The van der Waals surface area contributed by atoms with Crippen LogP contribution in [-0.4, -0.2) is 28.8 Å². The Labute approximate surface area is 192 Å². The molecule has 1 N–H and O–H groups in total. The van der Waals surface area contributed by atoms with E-state index in [-0.39, 0.29) is 30.8 Å². The number of amides is 2. The fourth-order valence-corrected chi connectivity index (χ4v) is 4.35. The van der Waals surface area contributed by atoms with E-state index in [2.05, 4.69) is 5.32 Å². The highest BCUT2D eigenvalue weighted by Gasteiger charge is 2.31. The first-order chi connectivity index (χ1) is 14.9. The van der Waals surface area contributed by atoms with Gasteiger partial charge in [-0.15, -0.1) is 0 Å². The normalized spacial score (nSPS) is 15.0. The molecule has 0 heterocycles. The van der Waals surface area contributed by atoms with E-state index in [0.29, 0.717) is 22.0 Å². The maximum Gasteiger partial charge on any atom is 0.243 e. The number of carbonyl (C=O) groups is 2. The monoisotopic (exact) mass is 464 g/mol. The van der Waals surface area contributed by atoms with Crippen molar-refractivity contribution >= 4 is 35.0 Å². The molecule has 1 aliphatic carbocycles. The third kappa shape index (κ3) is 6.20. The Balaban J connectivity index is 1.85. The van der Waals surface area contributed by atoms with E-state index in [1.54, 1.807) is 36.4 Å². The lowest BCUT2D eigenvalue weighted by Gasteiger charge is -2.31. The molecule has 1 aliphatic rings. The van der Waals surface area contributed by atoms with Gasteiger partial charge in [-0.25, -0.2) is 4.39 Å². The van der Waals surface area contributed by atoms with E-state index < -0.39 is 11.9 Å². The van der Waals surface area contributed by atoms with Crippen molar-refractivity contribution < 1.29 is 14.0 Å². The van der Waals surface area contributed by atoms with Gasteiger partial charge in [0.2, 0.25) is 11.8 Å². The summed E-state index contributed by atoms with van der Waals surface area (Å²) in [5.74, 6) is -0.922. The molecule has 4 nitrogen and oxygen atoms in total. The summed E-state index contributed by atoms with van der Waals surface area (Å²) in [5.41, 5.74) is 1.06. The highest BCUT2D eigenvalue weighted by molar-refractivity contribution is 6.42. The van der Waals surface area contributed by atoms with Crippen molar-refractivity contribution in [3.05, 3.63) is 69.5 Å². The van der Waals surface area contributed by atoms with Crippen LogP contribution in [0.1, 0.15) is 50.2 Å². The van der Waals surface area contributed by atoms with Crippen LogP contribution < -0.4 is 5.32 Å². The van der Waals surface area contributed by atoms with Crippen molar-refractivity contribution in [3.63, 3.8) is 0 Å². The molecule has 0 saturated heterocycles. The molecule has 0 unspecified atom stereocenters. The molecule has 31 heavy (non-hydrogen) atoms. The second kappa shape index (κ2) is 11.0. The molecule has 0 spiro atoms. The second-order valence-electron chi connectivity index (χ2n) is 7.95.